The van der Waals surface area contributed by atoms with E-state index in [-0.39, 0.29) is 6.04 Å². The molecule has 0 radical (unpaired) electrons. The maximum absolute atomic E-state index is 6.03. The average molecular weight is 284 g/mol. The zero-order chi connectivity index (χ0) is 14.1. The van der Waals surface area contributed by atoms with Crippen molar-refractivity contribution in [2.45, 2.75) is 32.7 Å². The summed E-state index contributed by atoms with van der Waals surface area (Å²) < 4.78 is 0. The number of aliphatic imine (C=N–C) groups is 1. The Bertz CT molecular complexity index is 673. The van der Waals surface area contributed by atoms with Crippen LogP contribution in [0.15, 0.2) is 47.5 Å². The normalized spacial score (nSPS) is 18.1. The Morgan fingerprint density at radius 3 is 2.60 bits per heavy atom. The summed E-state index contributed by atoms with van der Waals surface area (Å²) in [6.07, 6.45) is 2.14. The second-order valence-corrected chi connectivity index (χ2v) is 5.88. The van der Waals surface area contributed by atoms with E-state index in [9.17, 15) is 0 Å². The van der Waals surface area contributed by atoms with Gasteiger partial charge in [0.15, 0.2) is 0 Å². The van der Waals surface area contributed by atoms with Crippen molar-refractivity contribution in [2.24, 2.45) is 4.99 Å². The summed E-state index contributed by atoms with van der Waals surface area (Å²) in [7, 11) is 0. The van der Waals surface area contributed by atoms with Crippen molar-refractivity contribution in [3.8, 4) is 0 Å². The Hall–Kier alpha value is -1.60. The van der Waals surface area contributed by atoms with Gasteiger partial charge in [-0.15, -0.1) is 0 Å². The first kappa shape index (κ1) is 13.4. The minimum atomic E-state index is 0.280. The second-order valence-electron chi connectivity index (χ2n) is 5.45. The molecule has 1 atom stereocenters. The molecule has 20 heavy (non-hydrogen) atoms. The van der Waals surface area contributed by atoms with Crippen LogP contribution < -0.4 is 0 Å². The number of halogens is 1. The van der Waals surface area contributed by atoms with Crippen molar-refractivity contribution < 1.29 is 0 Å². The van der Waals surface area contributed by atoms with Crippen LogP contribution in [0.1, 0.15) is 41.1 Å². The lowest BCUT2D eigenvalue weighted by atomic mass is 9.98. The molecule has 0 N–H and O–H groups in total. The fourth-order valence-electron chi connectivity index (χ4n) is 2.93. The summed E-state index contributed by atoms with van der Waals surface area (Å²) in [5.74, 6) is 0. The van der Waals surface area contributed by atoms with Crippen LogP contribution >= 0.6 is 11.6 Å². The van der Waals surface area contributed by atoms with E-state index in [4.69, 9.17) is 16.6 Å². The van der Waals surface area contributed by atoms with E-state index in [0.717, 1.165) is 17.9 Å². The molecule has 2 heteroatoms. The number of aryl methyl sites for hydroxylation is 2. The molecule has 102 valence electrons. The van der Waals surface area contributed by atoms with E-state index in [1.165, 1.54) is 28.0 Å². The van der Waals surface area contributed by atoms with Gasteiger partial charge in [-0.1, -0.05) is 41.9 Å². The van der Waals surface area contributed by atoms with Crippen molar-refractivity contribution in [3.05, 3.63) is 69.7 Å². The Morgan fingerprint density at radius 2 is 1.85 bits per heavy atom. The van der Waals surface area contributed by atoms with Crippen LogP contribution in [-0.2, 0) is 0 Å². The van der Waals surface area contributed by atoms with Gasteiger partial charge in [0.2, 0.25) is 0 Å². The first-order valence-electron chi connectivity index (χ1n) is 7.04. The van der Waals surface area contributed by atoms with Gasteiger partial charge in [-0.05, 0) is 61.1 Å². The molecular formula is C18H18ClN. The first-order valence-corrected chi connectivity index (χ1v) is 7.41. The van der Waals surface area contributed by atoms with Crippen molar-refractivity contribution in [2.75, 3.05) is 0 Å². The highest BCUT2D eigenvalue weighted by atomic mass is 35.5. The minimum Gasteiger partial charge on any atom is -0.281 e. The second kappa shape index (κ2) is 5.41. The zero-order valence-electron chi connectivity index (χ0n) is 11.9. The maximum atomic E-state index is 6.03. The molecule has 1 aliphatic rings. The number of nitrogens with zero attached hydrogens (tertiary/aromatic N) is 1. The van der Waals surface area contributed by atoms with Crippen LogP contribution in [-0.4, -0.2) is 5.71 Å². The van der Waals surface area contributed by atoms with Crippen LogP contribution in [0.3, 0.4) is 0 Å². The lowest BCUT2D eigenvalue weighted by molar-refractivity contribution is 0.718. The maximum Gasteiger partial charge on any atom is 0.0758 e. The van der Waals surface area contributed by atoms with Gasteiger partial charge in [0.1, 0.15) is 0 Å². The molecule has 0 amide bonds. The third kappa shape index (κ3) is 2.51. The Morgan fingerprint density at radius 1 is 1.05 bits per heavy atom. The summed E-state index contributed by atoms with van der Waals surface area (Å²) in [6.45, 7) is 4.27. The topological polar surface area (TPSA) is 12.4 Å². The van der Waals surface area contributed by atoms with Crippen LogP contribution in [0, 0.1) is 13.8 Å². The number of rotatable bonds is 2. The van der Waals surface area contributed by atoms with Crippen LogP contribution in [0.5, 0.6) is 0 Å². The van der Waals surface area contributed by atoms with Gasteiger partial charge in [0, 0.05) is 10.7 Å². The Kier molecular flexibility index (Phi) is 3.62. The number of hydrogen-bond acceptors (Lipinski definition) is 1. The molecule has 0 fully saturated rings. The fraction of sp³-hybridized carbons (Fsp3) is 0.278. The fourth-order valence-corrected chi connectivity index (χ4v) is 3.16. The molecular weight excluding hydrogens is 266 g/mol. The molecule has 1 unspecified atom stereocenters. The molecule has 0 bridgehead atoms. The highest BCUT2D eigenvalue weighted by molar-refractivity contribution is 6.30. The van der Waals surface area contributed by atoms with Gasteiger partial charge in [-0.2, -0.15) is 0 Å². The zero-order valence-corrected chi connectivity index (χ0v) is 12.6. The SMILES string of the molecule is Cc1ccccc1C1=NC(c2ccc(Cl)cc2C)CC1. The van der Waals surface area contributed by atoms with Gasteiger partial charge >= 0.3 is 0 Å². The third-order valence-electron chi connectivity index (χ3n) is 4.01. The van der Waals surface area contributed by atoms with Crippen molar-refractivity contribution in [1.82, 2.24) is 0 Å². The van der Waals surface area contributed by atoms with E-state index in [0.29, 0.717) is 0 Å². The van der Waals surface area contributed by atoms with Gasteiger partial charge in [-0.3, -0.25) is 4.99 Å². The highest BCUT2D eigenvalue weighted by Gasteiger charge is 2.22. The van der Waals surface area contributed by atoms with Crippen LogP contribution in [0.4, 0.5) is 0 Å². The van der Waals surface area contributed by atoms with Crippen LogP contribution in [0.25, 0.3) is 0 Å². The molecule has 0 saturated heterocycles. The predicted molar refractivity (Wildman–Crippen MR) is 85.9 cm³/mol. The summed E-state index contributed by atoms with van der Waals surface area (Å²) in [5, 5.41) is 0.798. The molecule has 3 rings (SSSR count). The molecule has 1 aliphatic heterocycles. The van der Waals surface area contributed by atoms with Gasteiger partial charge in [0.05, 0.1) is 6.04 Å². The van der Waals surface area contributed by atoms with Gasteiger partial charge in [-0.25, -0.2) is 0 Å². The van der Waals surface area contributed by atoms with E-state index in [2.05, 4.69) is 44.2 Å². The molecule has 0 aliphatic carbocycles. The lowest BCUT2D eigenvalue weighted by Gasteiger charge is -2.10. The molecule has 2 aromatic carbocycles. The molecule has 0 saturated carbocycles. The smallest absolute Gasteiger partial charge is 0.0758 e. The molecule has 0 aromatic heterocycles. The quantitative estimate of drug-likeness (QED) is 0.711. The van der Waals surface area contributed by atoms with E-state index in [1.54, 1.807) is 0 Å². The lowest BCUT2D eigenvalue weighted by Crippen LogP contribution is -1.98. The van der Waals surface area contributed by atoms with Crippen LogP contribution in [0.2, 0.25) is 5.02 Å². The Labute approximate surface area is 125 Å². The molecule has 2 aromatic rings. The molecule has 1 nitrogen and oxygen atoms in total. The largest absolute Gasteiger partial charge is 0.281 e. The van der Waals surface area contributed by atoms with E-state index < -0.39 is 0 Å². The predicted octanol–water partition coefficient (Wildman–Crippen LogP) is 5.28. The standard InChI is InChI=1S/C18H18ClN/c1-12-5-3-4-6-15(12)17-9-10-18(20-17)16-8-7-14(19)11-13(16)2/h3-8,11,18H,9-10H2,1-2H3. The van der Waals surface area contributed by atoms with Crippen molar-refractivity contribution >= 4 is 17.3 Å². The molecule has 0 spiro atoms. The third-order valence-corrected chi connectivity index (χ3v) is 4.25. The van der Waals surface area contributed by atoms with E-state index in [1.807, 2.05) is 12.1 Å². The Balaban J connectivity index is 1.94. The van der Waals surface area contributed by atoms with Gasteiger partial charge in [0.25, 0.3) is 0 Å². The van der Waals surface area contributed by atoms with Crippen molar-refractivity contribution in [1.29, 1.82) is 0 Å². The monoisotopic (exact) mass is 283 g/mol. The summed E-state index contributed by atoms with van der Waals surface area (Å²) >= 11 is 6.03. The summed E-state index contributed by atoms with van der Waals surface area (Å²) in [5.41, 5.74) is 6.37. The average Bonchev–Trinajstić information content (AvgIpc) is 2.88. The van der Waals surface area contributed by atoms with E-state index >= 15 is 0 Å². The summed E-state index contributed by atoms with van der Waals surface area (Å²) in [4.78, 5) is 4.95. The number of benzene rings is 2. The number of hydrogen-bond donors (Lipinski definition) is 0. The minimum absolute atomic E-state index is 0.280. The van der Waals surface area contributed by atoms with Crippen molar-refractivity contribution in [3.63, 3.8) is 0 Å². The summed E-state index contributed by atoms with van der Waals surface area (Å²) in [6, 6.07) is 14.9. The molecule has 1 heterocycles. The van der Waals surface area contributed by atoms with Gasteiger partial charge < -0.3 is 0 Å². The highest BCUT2D eigenvalue weighted by Crippen LogP contribution is 2.34. The first-order chi connectivity index (χ1) is 9.65.